The first-order valence-electron chi connectivity index (χ1n) is 6.06. The molecule has 1 atom stereocenters. The van der Waals surface area contributed by atoms with Crippen molar-refractivity contribution in [1.29, 1.82) is 0 Å². The second kappa shape index (κ2) is 4.94. The maximum Gasteiger partial charge on any atom is 0.126 e. The molecule has 1 heterocycles. The summed E-state index contributed by atoms with van der Waals surface area (Å²) < 4.78 is 19.2. The van der Waals surface area contributed by atoms with E-state index in [4.69, 9.17) is 10.2 Å². The van der Waals surface area contributed by atoms with Crippen LogP contribution in [0.15, 0.2) is 28.7 Å². The van der Waals surface area contributed by atoms with E-state index in [2.05, 4.69) is 0 Å². The Kier molecular flexibility index (Phi) is 3.53. The van der Waals surface area contributed by atoms with Crippen molar-refractivity contribution < 1.29 is 8.81 Å². The molecule has 0 aliphatic carbocycles. The summed E-state index contributed by atoms with van der Waals surface area (Å²) in [6.45, 7) is 5.81. The number of aryl methyl sites for hydroxylation is 2. The van der Waals surface area contributed by atoms with E-state index >= 15 is 0 Å². The molecule has 2 aromatic rings. The molecule has 2 nitrogen and oxygen atoms in total. The Morgan fingerprint density at radius 3 is 2.39 bits per heavy atom. The lowest BCUT2D eigenvalue weighted by Gasteiger charge is -2.13. The summed E-state index contributed by atoms with van der Waals surface area (Å²) in [6, 6.07) is 6.50. The topological polar surface area (TPSA) is 39.2 Å². The van der Waals surface area contributed by atoms with E-state index in [0.29, 0.717) is 12.0 Å². The first-order chi connectivity index (χ1) is 8.50. The molecule has 1 unspecified atom stereocenters. The van der Waals surface area contributed by atoms with Crippen LogP contribution in [0.25, 0.3) is 0 Å². The predicted molar refractivity (Wildman–Crippen MR) is 70.0 cm³/mol. The van der Waals surface area contributed by atoms with Crippen molar-refractivity contribution in [1.82, 2.24) is 0 Å². The van der Waals surface area contributed by atoms with Crippen LogP contribution in [0.2, 0.25) is 0 Å². The zero-order valence-electron chi connectivity index (χ0n) is 11.0. The molecule has 0 fully saturated rings. The molecule has 1 aromatic heterocycles. The minimum Gasteiger partial charge on any atom is -0.466 e. The van der Waals surface area contributed by atoms with Gasteiger partial charge in [0.25, 0.3) is 0 Å². The van der Waals surface area contributed by atoms with Crippen LogP contribution in [-0.4, -0.2) is 0 Å². The predicted octanol–water partition coefficient (Wildman–Crippen LogP) is 3.59. The van der Waals surface area contributed by atoms with Gasteiger partial charge in [-0.3, -0.25) is 0 Å². The number of benzene rings is 1. The molecule has 2 rings (SSSR count). The molecule has 0 bridgehead atoms. The zero-order chi connectivity index (χ0) is 13.3. The average molecular weight is 247 g/mol. The Morgan fingerprint density at radius 2 is 1.83 bits per heavy atom. The van der Waals surface area contributed by atoms with Gasteiger partial charge in [0.05, 0.1) is 0 Å². The van der Waals surface area contributed by atoms with Crippen LogP contribution in [-0.2, 0) is 6.42 Å². The lowest BCUT2D eigenvalue weighted by Crippen LogP contribution is -2.15. The highest BCUT2D eigenvalue weighted by Gasteiger charge is 2.19. The maximum absolute atomic E-state index is 13.6. The third-order valence-corrected chi connectivity index (χ3v) is 3.39. The summed E-state index contributed by atoms with van der Waals surface area (Å²) in [5.41, 5.74) is 8.89. The van der Waals surface area contributed by atoms with Gasteiger partial charge in [0, 0.05) is 11.6 Å². The summed E-state index contributed by atoms with van der Waals surface area (Å²) in [4.78, 5) is 0. The molecule has 0 amide bonds. The molecule has 0 saturated heterocycles. The molecule has 0 saturated carbocycles. The van der Waals surface area contributed by atoms with Gasteiger partial charge < -0.3 is 10.2 Å². The van der Waals surface area contributed by atoms with Gasteiger partial charge in [-0.15, -0.1) is 0 Å². The first kappa shape index (κ1) is 12.8. The lowest BCUT2D eigenvalue weighted by atomic mass is 9.96. The Hall–Kier alpha value is -1.61. The minimum atomic E-state index is -0.237. The van der Waals surface area contributed by atoms with E-state index < -0.39 is 0 Å². The number of rotatable bonds is 3. The number of furan rings is 1. The van der Waals surface area contributed by atoms with E-state index in [9.17, 15) is 4.39 Å². The van der Waals surface area contributed by atoms with Crippen LogP contribution in [0.5, 0.6) is 0 Å². The highest BCUT2D eigenvalue weighted by molar-refractivity contribution is 5.35. The van der Waals surface area contributed by atoms with Crippen molar-refractivity contribution >= 4 is 0 Å². The largest absolute Gasteiger partial charge is 0.466 e. The van der Waals surface area contributed by atoms with Crippen LogP contribution in [0.4, 0.5) is 4.39 Å². The van der Waals surface area contributed by atoms with E-state index in [0.717, 1.165) is 22.6 Å². The first-order valence-corrected chi connectivity index (χ1v) is 6.06. The third-order valence-electron chi connectivity index (χ3n) is 3.39. The SMILES string of the molecule is Cc1oc(C)c(C(N)Cc2ccccc2F)c1C. The standard InChI is InChI=1S/C15H18FNO/c1-9-10(2)18-11(3)15(9)14(17)8-12-6-4-5-7-13(12)16/h4-7,14H,8,17H2,1-3H3. The van der Waals surface area contributed by atoms with E-state index in [-0.39, 0.29) is 11.9 Å². The number of hydrogen-bond donors (Lipinski definition) is 1. The fraction of sp³-hybridized carbons (Fsp3) is 0.333. The average Bonchev–Trinajstić information content (AvgIpc) is 2.56. The molecule has 96 valence electrons. The van der Waals surface area contributed by atoms with Gasteiger partial charge in [-0.2, -0.15) is 0 Å². The van der Waals surface area contributed by atoms with Crippen molar-refractivity contribution in [2.45, 2.75) is 33.2 Å². The fourth-order valence-corrected chi connectivity index (χ4v) is 2.36. The molecule has 0 aliphatic rings. The second-order valence-corrected chi connectivity index (χ2v) is 4.66. The van der Waals surface area contributed by atoms with E-state index in [1.54, 1.807) is 12.1 Å². The summed E-state index contributed by atoms with van der Waals surface area (Å²) in [5.74, 6) is 1.50. The second-order valence-electron chi connectivity index (χ2n) is 4.66. The van der Waals surface area contributed by atoms with Crippen molar-refractivity contribution in [3.8, 4) is 0 Å². The Balaban J connectivity index is 2.28. The van der Waals surface area contributed by atoms with Crippen LogP contribution >= 0.6 is 0 Å². The smallest absolute Gasteiger partial charge is 0.126 e. The van der Waals surface area contributed by atoms with Crippen LogP contribution in [0.1, 0.15) is 34.3 Å². The normalized spacial score (nSPS) is 12.7. The lowest BCUT2D eigenvalue weighted by molar-refractivity contribution is 0.495. The summed E-state index contributed by atoms with van der Waals surface area (Å²) in [5, 5.41) is 0. The molecule has 0 radical (unpaired) electrons. The molecule has 3 heteroatoms. The fourth-order valence-electron chi connectivity index (χ4n) is 2.36. The van der Waals surface area contributed by atoms with Gasteiger partial charge in [-0.05, 0) is 44.4 Å². The quantitative estimate of drug-likeness (QED) is 0.900. The van der Waals surface area contributed by atoms with Crippen molar-refractivity contribution in [3.05, 3.63) is 58.3 Å². The molecule has 0 spiro atoms. The molecule has 18 heavy (non-hydrogen) atoms. The summed E-state index contributed by atoms with van der Waals surface area (Å²) in [7, 11) is 0. The zero-order valence-corrected chi connectivity index (χ0v) is 11.0. The van der Waals surface area contributed by atoms with Gasteiger partial charge in [0.2, 0.25) is 0 Å². The van der Waals surface area contributed by atoms with Gasteiger partial charge in [-0.1, -0.05) is 18.2 Å². The van der Waals surface area contributed by atoms with Crippen LogP contribution in [0.3, 0.4) is 0 Å². The van der Waals surface area contributed by atoms with Crippen molar-refractivity contribution in [2.75, 3.05) is 0 Å². The van der Waals surface area contributed by atoms with E-state index in [1.165, 1.54) is 6.07 Å². The van der Waals surface area contributed by atoms with Gasteiger partial charge in [-0.25, -0.2) is 4.39 Å². The van der Waals surface area contributed by atoms with Gasteiger partial charge in [0.1, 0.15) is 17.3 Å². The minimum absolute atomic E-state index is 0.205. The monoisotopic (exact) mass is 247 g/mol. The number of halogens is 1. The molecule has 0 aliphatic heterocycles. The molecular weight excluding hydrogens is 229 g/mol. The van der Waals surface area contributed by atoms with Crippen LogP contribution in [0, 0.1) is 26.6 Å². The van der Waals surface area contributed by atoms with Crippen molar-refractivity contribution in [2.24, 2.45) is 5.73 Å². The van der Waals surface area contributed by atoms with E-state index in [1.807, 2.05) is 26.8 Å². The van der Waals surface area contributed by atoms with Gasteiger partial charge in [0.15, 0.2) is 0 Å². The molecule has 1 aromatic carbocycles. The van der Waals surface area contributed by atoms with Gasteiger partial charge >= 0.3 is 0 Å². The maximum atomic E-state index is 13.6. The van der Waals surface area contributed by atoms with Crippen LogP contribution < -0.4 is 5.73 Å². The summed E-state index contributed by atoms with van der Waals surface area (Å²) >= 11 is 0. The summed E-state index contributed by atoms with van der Waals surface area (Å²) in [6.07, 6.45) is 0.479. The Bertz CT molecular complexity index is 560. The highest BCUT2D eigenvalue weighted by Crippen LogP contribution is 2.28. The highest BCUT2D eigenvalue weighted by atomic mass is 19.1. The van der Waals surface area contributed by atoms with Crippen molar-refractivity contribution in [3.63, 3.8) is 0 Å². The molecule has 2 N–H and O–H groups in total. The third kappa shape index (κ3) is 2.31. The number of hydrogen-bond acceptors (Lipinski definition) is 2. The number of nitrogens with two attached hydrogens (primary N) is 1. The Morgan fingerprint density at radius 1 is 1.17 bits per heavy atom. The molecular formula is C15H18FNO. The Labute approximate surface area is 107 Å².